The van der Waals surface area contributed by atoms with Crippen LogP contribution in [0.5, 0.6) is 0 Å². The molecule has 146 valence electrons. The zero-order chi connectivity index (χ0) is 20.4. The van der Waals surface area contributed by atoms with Gasteiger partial charge in [0.15, 0.2) is 10.6 Å². The predicted molar refractivity (Wildman–Crippen MR) is 92.6 cm³/mol. The maximum atomic E-state index is 14.3. The van der Waals surface area contributed by atoms with Crippen molar-refractivity contribution in [3.63, 3.8) is 0 Å². The summed E-state index contributed by atoms with van der Waals surface area (Å²) in [4.78, 5) is 27.6. The fourth-order valence-electron chi connectivity index (χ4n) is 2.54. The van der Waals surface area contributed by atoms with E-state index in [4.69, 9.17) is 4.74 Å². The molecule has 0 N–H and O–H groups in total. The predicted octanol–water partition coefficient (Wildman–Crippen LogP) is 3.56. The molecular formula is C18H12F4N2O3S. The van der Waals surface area contributed by atoms with Gasteiger partial charge < -0.3 is 9.30 Å². The minimum Gasteiger partial charge on any atom is -0.465 e. The van der Waals surface area contributed by atoms with Gasteiger partial charge in [-0.1, -0.05) is 17.4 Å². The Kier molecular flexibility index (Phi) is 5.59. The molecule has 0 radical (unpaired) electrons. The Morgan fingerprint density at radius 3 is 2.43 bits per heavy atom. The minimum atomic E-state index is -1.26. The van der Waals surface area contributed by atoms with E-state index in [1.54, 1.807) is 6.92 Å². The maximum absolute atomic E-state index is 14.3. The number of nitrogens with zero attached hydrogens (tertiary/aromatic N) is 2. The molecule has 0 bridgehead atoms. The van der Waals surface area contributed by atoms with Crippen molar-refractivity contribution >= 4 is 33.4 Å². The number of amides is 1. The van der Waals surface area contributed by atoms with E-state index in [0.29, 0.717) is 17.4 Å². The van der Waals surface area contributed by atoms with Gasteiger partial charge in [0.2, 0.25) is 0 Å². The summed E-state index contributed by atoms with van der Waals surface area (Å²) in [6.45, 7) is 1.10. The molecule has 0 aliphatic heterocycles. The van der Waals surface area contributed by atoms with E-state index < -0.39 is 47.3 Å². The number of carbonyl (C=O) groups is 2. The summed E-state index contributed by atoms with van der Waals surface area (Å²) in [6.07, 6.45) is 0. The molecule has 0 aliphatic rings. The van der Waals surface area contributed by atoms with Crippen molar-refractivity contribution < 1.29 is 31.9 Å². The number of esters is 1. The van der Waals surface area contributed by atoms with Crippen molar-refractivity contribution in [3.05, 3.63) is 64.0 Å². The van der Waals surface area contributed by atoms with Crippen molar-refractivity contribution in [1.82, 2.24) is 4.57 Å². The lowest BCUT2D eigenvalue weighted by Gasteiger charge is -2.06. The highest BCUT2D eigenvalue weighted by atomic mass is 32.1. The van der Waals surface area contributed by atoms with Gasteiger partial charge in [0.05, 0.1) is 16.8 Å². The van der Waals surface area contributed by atoms with Crippen molar-refractivity contribution in [3.8, 4) is 0 Å². The standard InChI is InChI=1S/C18H12F4N2O3S/c1-2-27-14(25)8-24-16-12(22)6-9(19)7-13(16)28-18(24)23-17(26)15-10(20)4-3-5-11(15)21/h3-7H,2,8H2,1H3. The largest absolute Gasteiger partial charge is 0.465 e. The molecule has 5 nitrogen and oxygen atoms in total. The van der Waals surface area contributed by atoms with E-state index in [0.717, 1.165) is 28.8 Å². The first kappa shape index (κ1) is 19.7. The highest BCUT2D eigenvalue weighted by Crippen LogP contribution is 2.23. The second-order valence-corrected chi connectivity index (χ2v) is 6.53. The third-order valence-corrected chi connectivity index (χ3v) is 4.69. The third-order valence-electron chi connectivity index (χ3n) is 3.66. The normalized spacial score (nSPS) is 11.8. The summed E-state index contributed by atoms with van der Waals surface area (Å²) in [5.41, 5.74) is -1.07. The first-order chi connectivity index (χ1) is 13.3. The van der Waals surface area contributed by atoms with Gasteiger partial charge in [0.25, 0.3) is 5.91 Å². The summed E-state index contributed by atoms with van der Waals surface area (Å²) in [7, 11) is 0. The first-order valence-corrected chi connectivity index (χ1v) is 8.80. The SMILES string of the molecule is CCOC(=O)Cn1c(=NC(=O)c2c(F)cccc2F)sc2cc(F)cc(F)c21. The molecular weight excluding hydrogens is 400 g/mol. The summed E-state index contributed by atoms with van der Waals surface area (Å²) >= 11 is 0.690. The fourth-order valence-corrected chi connectivity index (χ4v) is 3.61. The number of hydrogen-bond donors (Lipinski definition) is 0. The Balaban J connectivity index is 2.21. The molecule has 0 saturated carbocycles. The number of fused-ring (bicyclic) bond motifs is 1. The maximum Gasteiger partial charge on any atom is 0.326 e. The van der Waals surface area contributed by atoms with Crippen molar-refractivity contribution in [1.29, 1.82) is 0 Å². The van der Waals surface area contributed by atoms with Gasteiger partial charge >= 0.3 is 5.97 Å². The van der Waals surface area contributed by atoms with Crippen LogP contribution in [0.4, 0.5) is 17.6 Å². The topological polar surface area (TPSA) is 60.7 Å². The van der Waals surface area contributed by atoms with Gasteiger partial charge in [-0.15, -0.1) is 0 Å². The van der Waals surface area contributed by atoms with Crippen LogP contribution in [0.15, 0.2) is 35.3 Å². The van der Waals surface area contributed by atoms with Crippen molar-refractivity contribution in [2.75, 3.05) is 6.61 Å². The molecule has 0 spiro atoms. The third kappa shape index (κ3) is 3.81. The highest BCUT2D eigenvalue weighted by Gasteiger charge is 2.20. The summed E-state index contributed by atoms with van der Waals surface area (Å²) < 4.78 is 61.3. The number of aromatic nitrogens is 1. The molecule has 0 aliphatic carbocycles. The number of carbonyl (C=O) groups excluding carboxylic acids is 2. The molecule has 10 heteroatoms. The smallest absolute Gasteiger partial charge is 0.326 e. The lowest BCUT2D eigenvalue weighted by Crippen LogP contribution is -2.23. The van der Waals surface area contributed by atoms with E-state index in [-0.39, 0.29) is 21.6 Å². The van der Waals surface area contributed by atoms with Gasteiger partial charge in [-0.2, -0.15) is 4.99 Å². The van der Waals surface area contributed by atoms with Crippen LogP contribution < -0.4 is 4.80 Å². The second-order valence-electron chi connectivity index (χ2n) is 5.52. The highest BCUT2D eigenvalue weighted by molar-refractivity contribution is 7.16. The molecule has 0 fully saturated rings. The molecule has 3 rings (SSSR count). The summed E-state index contributed by atoms with van der Waals surface area (Å²) in [6, 6.07) is 4.47. The van der Waals surface area contributed by atoms with Gasteiger partial charge in [-0.3, -0.25) is 9.59 Å². The van der Waals surface area contributed by atoms with E-state index in [1.807, 2.05) is 0 Å². The molecule has 0 saturated heterocycles. The van der Waals surface area contributed by atoms with E-state index in [1.165, 1.54) is 0 Å². The Hall–Kier alpha value is -3.01. The van der Waals surface area contributed by atoms with Crippen LogP contribution in [0, 0.1) is 23.3 Å². The lowest BCUT2D eigenvalue weighted by molar-refractivity contribution is -0.143. The van der Waals surface area contributed by atoms with Gasteiger partial charge in [-0.25, -0.2) is 17.6 Å². The van der Waals surface area contributed by atoms with Gasteiger partial charge in [0.1, 0.15) is 29.6 Å². The van der Waals surface area contributed by atoms with Crippen LogP contribution in [0.1, 0.15) is 17.3 Å². The molecule has 1 amide bonds. The zero-order valence-corrected chi connectivity index (χ0v) is 15.2. The average Bonchev–Trinajstić information content (AvgIpc) is 2.92. The van der Waals surface area contributed by atoms with Crippen LogP contribution in [-0.2, 0) is 16.1 Å². The van der Waals surface area contributed by atoms with Crippen LogP contribution in [-0.4, -0.2) is 23.1 Å². The van der Waals surface area contributed by atoms with Crippen LogP contribution >= 0.6 is 11.3 Å². The quantitative estimate of drug-likeness (QED) is 0.486. The second kappa shape index (κ2) is 7.93. The molecule has 2 aromatic carbocycles. The molecule has 1 heterocycles. The van der Waals surface area contributed by atoms with E-state index in [9.17, 15) is 27.2 Å². The number of ether oxygens (including phenoxy) is 1. The first-order valence-electron chi connectivity index (χ1n) is 7.99. The molecule has 1 aromatic heterocycles. The van der Waals surface area contributed by atoms with Gasteiger partial charge in [-0.05, 0) is 25.1 Å². The Bertz CT molecular complexity index is 1130. The lowest BCUT2D eigenvalue weighted by atomic mass is 10.2. The van der Waals surface area contributed by atoms with Crippen LogP contribution in [0.25, 0.3) is 10.2 Å². The summed E-state index contributed by atoms with van der Waals surface area (Å²) in [5.74, 6) is -6.11. The number of hydrogen-bond acceptors (Lipinski definition) is 4. The number of benzene rings is 2. The Morgan fingerprint density at radius 1 is 1.11 bits per heavy atom. The molecule has 3 aromatic rings. The fraction of sp³-hybridized carbons (Fsp3) is 0.167. The van der Waals surface area contributed by atoms with Crippen molar-refractivity contribution in [2.24, 2.45) is 4.99 Å². The molecule has 0 unspecified atom stereocenters. The average molecular weight is 412 g/mol. The summed E-state index contributed by atoms with van der Waals surface area (Å²) in [5, 5.41) is 0. The Labute approximate surface area is 159 Å². The van der Waals surface area contributed by atoms with Gasteiger partial charge in [0, 0.05) is 6.07 Å². The van der Waals surface area contributed by atoms with Crippen molar-refractivity contribution in [2.45, 2.75) is 13.5 Å². The number of thiazole rings is 1. The van der Waals surface area contributed by atoms with Crippen LogP contribution in [0.3, 0.4) is 0 Å². The Morgan fingerprint density at radius 2 is 1.79 bits per heavy atom. The van der Waals surface area contributed by atoms with E-state index >= 15 is 0 Å². The number of rotatable bonds is 4. The monoisotopic (exact) mass is 412 g/mol. The minimum absolute atomic E-state index is 0.0577. The molecule has 0 atom stereocenters. The van der Waals surface area contributed by atoms with Crippen LogP contribution in [0.2, 0.25) is 0 Å². The molecule has 28 heavy (non-hydrogen) atoms. The number of halogens is 4. The zero-order valence-electron chi connectivity index (χ0n) is 14.3. The van der Waals surface area contributed by atoms with E-state index in [2.05, 4.69) is 4.99 Å².